The van der Waals surface area contributed by atoms with Gasteiger partial charge in [-0.1, -0.05) is 29.8 Å². The second kappa shape index (κ2) is 9.95. The third-order valence-electron chi connectivity index (χ3n) is 6.69. The summed E-state index contributed by atoms with van der Waals surface area (Å²) in [5.41, 5.74) is 2.83. The molecule has 1 amide bonds. The van der Waals surface area contributed by atoms with Gasteiger partial charge in [0.25, 0.3) is 5.91 Å². The number of imidazole rings is 1. The van der Waals surface area contributed by atoms with Gasteiger partial charge in [0.2, 0.25) is 0 Å². The first kappa shape index (κ1) is 23.8. The number of nitrogens with one attached hydrogen (secondary N) is 1. The van der Waals surface area contributed by atoms with Crippen LogP contribution in [0.15, 0.2) is 64.1 Å². The van der Waals surface area contributed by atoms with E-state index in [9.17, 15) is 9.59 Å². The Hall–Kier alpha value is -2.97. The molecule has 180 valence electrons. The van der Waals surface area contributed by atoms with Crippen molar-refractivity contribution < 1.29 is 4.79 Å². The second-order valence-corrected chi connectivity index (χ2v) is 10.3. The number of fused-ring (bicyclic) bond motifs is 1. The van der Waals surface area contributed by atoms with Gasteiger partial charge in [0.15, 0.2) is 0 Å². The van der Waals surface area contributed by atoms with Crippen LogP contribution in [0.25, 0.3) is 16.9 Å². The van der Waals surface area contributed by atoms with E-state index in [0.29, 0.717) is 39.2 Å². The quantitative estimate of drug-likeness (QED) is 0.340. The Morgan fingerprint density at radius 2 is 1.86 bits per heavy atom. The van der Waals surface area contributed by atoms with Gasteiger partial charge in [0.05, 0.1) is 27.3 Å². The van der Waals surface area contributed by atoms with Gasteiger partial charge >= 0.3 is 5.69 Å². The third-order valence-corrected chi connectivity index (χ3v) is 7.33. The summed E-state index contributed by atoms with van der Waals surface area (Å²) in [7, 11) is 0. The molecule has 1 aliphatic rings. The highest BCUT2D eigenvalue weighted by Crippen LogP contribution is 2.28. The van der Waals surface area contributed by atoms with Crippen LogP contribution in [0, 0.1) is 12.8 Å². The molecule has 1 saturated carbocycles. The van der Waals surface area contributed by atoms with Crippen molar-refractivity contribution in [3.8, 4) is 5.82 Å². The summed E-state index contributed by atoms with van der Waals surface area (Å²) in [4.78, 5) is 34.9. The highest BCUT2D eigenvalue weighted by molar-refractivity contribution is 9.10. The normalized spacial score (nSPS) is 18.0. The average Bonchev–Trinajstić information content (AvgIpc) is 3.13. The van der Waals surface area contributed by atoms with Crippen LogP contribution in [0.1, 0.15) is 41.7 Å². The molecule has 0 unspecified atom stereocenters. The molecule has 9 heteroatoms. The Morgan fingerprint density at radius 3 is 2.60 bits per heavy atom. The zero-order chi connectivity index (χ0) is 24.5. The van der Waals surface area contributed by atoms with E-state index in [2.05, 4.69) is 31.2 Å². The number of carbonyl (C=O) groups is 1. The van der Waals surface area contributed by atoms with E-state index in [0.717, 1.165) is 36.7 Å². The number of para-hydroxylation sites is 2. The van der Waals surface area contributed by atoms with E-state index >= 15 is 0 Å². The SMILES string of the molecule is Cc1ncc(Cl)cc1C(=O)N[C@H]1CC[C@H](Cn2c(=O)n(-c3cccc(Br)n3)c3ccccc32)CC1. The van der Waals surface area contributed by atoms with Crippen molar-refractivity contribution in [2.75, 3.05) is 0 Å². The van der Waals surface area contributed by atoms with Gasteiger partial charge in [-0.25, -0.2) is 14.3 Å². The van der Waals surface area contributed by atoms with E-state index < -0.39 is 0 Å². The van der Waals surface area contributed by atoms with Gasteiger partial charge in [0.1, 0.15) is 10.4 Å². The fraction of sp³-hybridized carbons (Fsp3) is 0.308. The molecule has 0 atom stereocenters. The molecule has 1 aromatic carbocycles. The standard InChI is InChI=1S/C26H25BrClN5O2/c1-16-20(13-18(28)14-29-16)25(34)30-19-11-9-17(10-12-19)15-32-21-5-2-3-6-22(21)33(26(32)35)24-8-4-7-23(27)31-24/h2-8,13-14,17,19H,9-12,15H2,1H3,(H,30,34)/t17-,19-. The summed E-state index contributed by atoms with van der Waals surface area (Å²) < 4.78 is 4.22. The largest absolute Gasteiger partial charge is 0.349 e. The minimum Gasteiger partial charge on any atom is -0.349 e. The van der Waals surface area contributed by atoms with Gasteiger partial charge in [-0.3, -0.25) is 14.3 Å². The number of pyridine rings is 2. The van der Waals surface area contributed by atoms with Crippen molar-refractivity contribution >= 4 is 44.5 Å². The lowest BCUT2D eigenvalue weighted by molar-refractivity contribution is 0.0919. The molecule has 4 aromatic rings. The number of hydrogen-bond donors (Lipinski definition) is 1. The van der Waals surface area contributed by atoms with E-state index in [1.54, 1.807) is 23.8 Å². The maximum Gasteiger partial charge on any atom is 0.334 e. The number of amides is 1. The van der Waals surface area contributed by atoms with Gasteiger partial charge in [-0.05, 0) is 84.8 Å². The number of aromatic nitrogens is 4. The van der Waals surface area contributed by atoms with Crippen molar-refractivity contribution in [3.63, 3.8) is 0 Å². The van der Waals surface area contributed by atoms with Crippen molar-refractivity contribution in [2.45, 2.75) is 45.2 Å². The van der Waals surface area contributed by atoms with Crippen LogP contribution >= 0.6 is 27.5 Å². The number of hydrogen-bond acceptors (Lipinski definition) is 4. The Balaban J connectivity index is 1.31. The summed E-state index contributed by atoms with van der Waals surface area (Å²) in [5.74, 6) is 0.809. The van der Waals surface area contributed by atoms with Crippen molar-refractivity contribution in [2.24, 2.45) is 5.92 Å². The number of carbonyl (C=O) groups excluding carboxylic acids is 1. The minimum atomic E-state index is -0.137. The van der Waals surface area contributed by atoms with E-state index in [-0.39, 0.29) is 17.6 Å². The number of rotatable bonds is 5. The zero-order valence-corrected chi connectivity index (χ0v) is 21.6. The van der Waals surface area contributed by atoms with E-state index in [4.69, 9.17) is 11.6 Å². The van der Waals surface area contributed by atoms with Gasteiger partial charge in [0, 0.05) is 18.8 Å². The van der Waals surface area contributed by atoms with Crippen LogP contribution in [-0.2, 0) is 6.54 Å². The predicted octanol–water partition coefficient (Wildman–Crippen LogP) is 5.30. The highest BCUT2D eigenvalue weighted by Gasteiger charge is 2.25. The van der Waals surface area contributed by atoms with Crippen molar-refractivity contribution in [3.05, 3.63) is 86.1 Å². The number of nitrogens with zero attached hydrogens (tertiary/aromatic N) is 4. The Labute approximate surface area is 216 Å². The first-order valence-corrected chi connectivity index (χ1v) is 12.8. The molecule has 5 rings (SSSR count). The molecule has 35 heavy (non-hydrogen) atoms. The lowest BCUT2D eigenvalue weighted by Gasteiger charge is -2.29. The highest BCUT2D eigenvalue weighted by atomic mass is 79.9. The molecule has 7 nitrogen and oxygen atoms in total. The lowest BCUT2D eigenvalue weighted by atomic mass is 9.85. The molecule has 0 bridgehead atoms. The molecule has 3 heterocycles. The minimum absolute atomic E-state index is 0.0869. The van der Waals surface area contributed by atoms with Gasteiger partial charge in [-0.15, -0.1) is 0 Å². The van der Waals surface area contributed by atoms with E-state index in [1.165, 1.54) is 0 Å². The molecule has 0 spiro atoms. The molecule has 0 radical (unpaired) electrons. The number of benzene rings is 1. The first-order valence-electron chi connectivity index (χ1n) is 11.7. The number of aryl methyl sites for hydroxylation is 1. The Kier molecular flexibility index (Phi) is 6.75. The predicted molar refractivity (Wildman–Crippen MR) is 140 cm³/mol. The summed E-state index contributed by atoms with van der Waals surface area (Å²) in [5, 5.41) is 3.59. The lowest BCUT2D eigenvalue weighted by Crippen LogP contribution is -2.39. The van der Waals surface area contributed by atoms with Crippen LogP contribution in [0.4, 0.5) is 0 Å². The molecular weight excluding hydrogens is 530 g/mol. The molecule has 1 fully saturated rings. The van der Waals surface area contributed by atoms with Crippen LogP contribution in [0.2, 0.25) is 5.02 Å². The van der Waals surface area contributed by atoms with Gasteiger partial charge < -0.3 is 5.32 Å². The third kappa shape index (κ3) is 4.90. The second-order valence-electron chi connectivity index (χ2n) is 9.01. The monoisotopic (exact) mass is 553 g/mol. The fourth-order valence-corrected chi connectivity index (χ4v) is 5.37. The first-order chi connectivity index (χ1) is 16.9. The van der Waals surface area contributed by atoms with Crippen LogP contribution in [-0.4, -0.2) is 31.1 Å². The van der Waals surface area contributed by atoms with Crippen molar-refractivity contribution in [1.29, 1.82) is 0 Å². The molecule has 3 aromatic heterocycles. The summed E-state index contributed by atoms with van der Waals surface area (Å²) in [6.07, 6.45) is 5.14. The Bertz CT molecular complexity index is 1460. The maximum atomic E-state index is 13.5. The zero-order valence-electron chi connectivity index (χ0n) is 19.2. The summed E-state index contributed by atoms with van der Waals surface area (Å²) >= 11 is 9.43. The molecular formula is C26H25BrClN5O2. The summed E-state index contributed by atoms with van der Waals surface area (Å²) in [6.45, 7) is 2.44. The molecule has 1 N–H and O–H groups in total. The average molecular weight is 555 g/mol. The van der Waals surface area contributed by atoms with E-state index in [1.807, 2.05) is 47.0 Å². The molecule has 1 aliphatic carbocycles. The number of halogens is 2. The molecule has 0 saturated heterocycles. The molecule has 0 aliphatic heterocycles. The van der Waals surface area contributed by atoms with Crippen molar-refractivity contribution in [1.82, 2.24) is 24.4 Å². The van der Waals surface area contributed by atoms with Crippen LogP contribution in [0.3, 0.4) is 0 Å². The topological polar surface area (TPSA) is 81.8 Å². The Morgan fingerprint density at radius 1 is 1.11 bits per heavy atom. The maximum absolute atomic E-state index is 13.5. The smallest absolute Gasteiger partial charge is 0.334 e. The summed E-state index contributed by atoms with van der Waals surface area (Å²) in [6, 6.07) is 15.1. The van der Waals surface area contributed by atoms with Crippen LogP contribution in [0.5, 0.6) is 0 Å². The fourth-order valence-electron chi connectivity index (χ4n) is 4.88. The van der Waals surface area contributed by atoms with Crippen LogP contribution < -0.4 is 11.0 Å². The van der Waals surface area contributed by atoms with Gasteiger partial charge in [-0.2, -0.15) is 0 Å².